The number of nitrogens with zero attached hydrogens (tertiary/aromatic N) is 2. The second-order valence-corrected chi connectivity index (χ2v) is 11.6. The molecule has 0 aromatic heterocycles. The lowest BCUT2D eigenvalue weighted by molar-refractivity contribution is -0.192. The van der Waals surface area contributed by atoms with Crippen LogP contribution in [0.5, 0.6) is 5.75 Å². The number of para-hydroxylation sites is 1. The smallest absolute Gasteiger partial charge is 0.487 e. The lowest BCUT2D eigenvalue weighted by atomic mass is 9.86. The Kier molecular flexibility index (Phi) is 9.62. The molecule has 0 saturated heterocycles. The van der Waals surface area contributed by atoms with Gasteiger partial charge in [-0.1, -0.05) is 25.1 Å². The molecule has 1 fully saturated rings. The molecule has 2 unspecified atom stereocenters. The Bertz CT molecular complexity index is 1170. The molecular formula is C28H39F3N4O6. The predicted molar refractivity (Wildman–Crippen MR) is 144 cm³/mol. The summed E-state index contributed by atoms with van der Waals surface area (Å²) in [5.74, 6) is -1.84. The second kappa shape index (κ2) is 12.3. The van der Waals surface area contributed by atoms with Gasteiger partial charge in [0, 0.05) is 37.7 Å². The number of ether oxygens (including phenoxy) is 2. The number of nitrogens with two attached hydrogens (primary N) is 1. The van der Waals surface area contributed by atoms with E-state index in [-0.39, 0.29) is 47.3 Å². The van der Waals surface area contributed by atoms with Gasteiger partial charge in [-0.05, 0) is 52.0 Å². The fourth-order valence-corrected chi connectivity index (χ4v) is 5.39. The van der Waals surface area contributed by atoms with Crippen molar-refractivity contribution in [1.29, 1.82) is 0 Å². The Balaban J connectivity index is 0.000000587. The minimum absolute atomic E-state index is 0.0212. The van der Waals surface area contributed by atoms with Crippen LogP contribution in [0.3, 0.4) is 0 Å². The number of aliphatic imine (C=N–C) groups is 1. The van der Waals surface area contributed by atoms with E-state index in [2.05, 4.69) is 24.2 Å². The van der Waals surface area contributed by atoms with Gasteiger partial charge in [0.15, 0.2) is 5.96 Å². The zero-order chi connectivity index (χ0) is 30.8. The Hall–Kier alpha value is -3.35. The van der Waals surface area contributed by atoms with Crippen LogP contribution in [0.1, 0.15) is 71.4 Å². The van der Waals surface area contributed by atoms with Crippen molar-refractivity contribution < 1.29 is 42.1 Å². The minimum Gasteiger partial charge on any atom is -0.487 e. The molecule has 1 aromatic carbocycles. The highest BCUT2D eigenvalue weighted by atomic mass is 19.4. The number of fused-ring (bicyclic) bond motifs is 1. The summed E-state index contributed by atoms with van der Waals surface area (Å²) in [6, 6.07) is 7.61. The molecule has 2 amide bonds. The number of hydrogen-bond donors (Lipinski definition) is 3. The monoisotopic (exact) mass is 584 g/mol. The summed E-state index contributed by atoms with van der Waals surface area (Å²) in [7, 11) is 1.64. The van der Waals surface area contributed by atoms with Crippen molar-refractivity contribution in [2.45, 2.75) is 89.2 Å². The largest absolute Gasteiger partial charge is 0.490 e. The van der Waals surface area contributed by atoms with Gasteiger partial charge >= 0.3 is 12.1 Å². The normalized spacial score (nSPS) is 27.3. The number of benzene rings is 1. The molecule has 3 aliphatic rings. The summed E-state index contributed by atoms with van der Waals surface area (Å²) in [5, 5.41) is 10.4. The predicted octanol–water partition coefficient (Wildman–Crippen LogP) is 3.80. The molecule has 228 valence electrons. The molecule has 4 rings (SSSR count). The van der Waals surface area contributed by atoms with Crippen molar-refractivity contribution in [3.8, 4) is 5.75 Å². The first-order valence-corrected chi connectivity index (χ1v) is 13.6. The van der Waals surface area contributed by atoms with Crippen LogP contribution in [-0.2, 0) is 19.1 Å². The third kappa shape index (κ3) is 7.90. The Morgan fingerprint density at radius 1 is 1.29 bits per heavy atom. The lowest BCUT2D eigenvalue weighted by Gasteiger charge is -2.40. The molecule has 0 bridgehead atoms. The van der Waals surface area contributed by atoms with Crippen LogP contribution >= 0.6 is 0 Å². The van der Waals surface area contributed by atoms with Crippen molar-refractivity contribution >= 4 is 23.7 Å². The van der Waals surface area contributed by atoms with Crippen LogP contribution in [0.2, 0.25) is 0 Å². The van der Waals surface area contributed by atoms with Crippen LogP contribution < -0.4 is 15.8 Å². The van der Waals surface area contributed by atoms with Crippen molar-refractivity contribution in [3.63, 3.8) is 0 Å². The molecule has 4 N–H and O–H groups in total. The zero-order valence-corrected chi connectivity index (χ0v) is 24.0. The number of carboxylic acids is 1. The average Bonchev–Trinajstić information content (AvgIpc) is 3.65. The van der Waals surface area contributed by atoms with Crippen molar-refractivity contribution in [2.24, 2.45) is 22.6 Å². The van der Waals surface area contributed by atoms with Crippen LogP contribution in [0.25, 0.3) is 0 Å². The molecule has 1 aliphatic carbocycles. The first-order chi connectivity index (χ1) is 19.0. The third-order valence-corrected chi connectivity index (χ3v) is 7.73. The minimum atomic E-state index is -5.08. The fraction of sp³-hybridized carbons (Fsp3) is 0.643. The maximum absolute atomic E-state index is 13.4. The molecular weight excluding hydrogens is 545 g/mol. The van der Waals surface area contributed by atoms with E-state index in [1.54, 1.807) is 12.0 Å². The van der Waals surface area contributed by atoms with Gasteiger partial charge in [-0.2, -0.15) is 13.2 Å². The summed E-state index contributed by atoms with van der Waals surface area (Å²) in [4.78, 5) is 41.4. The van der Waals surface area contributed by atoms with Crippen LogP contribution in [0.4, 0.5) is 13.2 Å². The van der Waals surface area contributed by atoms with Gasteiger partial charge in [0.2, 0.25) is 11.8 Å². The number of carboxylic acid groups (broad SMARTS) is 1. The van der Waals surface area contributed by atoms with E-state index in [0.717, 1.165) is 30.6 Å². The highest BCUT2D eigenvalue weighted by Crippen LogP contribution is 2.47. The standard InChI is InChI=1S/C26H38N4O4.C2HF3O2/c1-6-26(4)14-19(16-9-7-8-10-21(16)34-26)28-23(32)18-13-17(18)20(11-12-33-5)30-22(31)15-25(2,3)29-24(30)27;3-2(4,5)1(6)7/h7-10,17-20H,6,11-15H2,1-5H3,(H2,27,29)(H,28,32);(H,6,7)/t17-,18-,19?,20+,26?;/m1./s1. The number of aliphatic carboxylic acids is 1. The Morgan fingerprint density at radius 3 is 2.49 bits per heavy atom. The molecule has 10 nitrogen and oxygen atoms in total. The quantitative estimate of drug-likeness (QED) is 0.422. The number of rotatable bonds is 8. The van der Waals surface area contributed by atoms with E-state index in [4.69, 9.17) is 25.1 Å². The van der Waals surface area contributed by atoms with E-state index < -0.39 is 17.7 Å². The molecule has 2 aliphatic heterocycles. The summed E-state index contributed by atoms with van der Waals surface area (Å²) >= 11 is 0. The van der Waals surface area contributed by atoms with Gasteiger partial charge < -0.3 is 25.6 Å². The SMILES string of the molecule is CCC1(C)CC(NC(=O)[C@@H]2C[C@H]2[C@H](CCOC)N2C(=O)CC(C)(C)N=C2N)c2ccccc2O1.O=C(O)C(F)(F)F. The molecule has 41 heavy (non-hydrogen) atoms. The van der Waals surface area contributed by atoms with E-state index in [0.29, 0.717) is 19.4 Å². The van der Waals surface area contributed by atoms with Gasteiger partial charge in [-0.15, -0.1) is 0 Å². The number of halogens is 3. The number of methoxy groups -OCH3 is 1. The molecule has 1 aromatic rings. The van der Waals surface area contributed by atoms with Gasteiger partial charge in [0.25, 0.3) is 0 Å². The fourth-order valence-electron chi connectivity index (χ4n) is 5.39. The van der Waals surface area contributed by atoms with Crippen LogP contribution in [-0.4, -0.2) is 70.8 Å². The molecule has 0 spiro atoms. The van der Waals surface area contributed by atoms with Gasteiger partial charge in [0.1, 0.15) is 11.4 Å². The van der Waals surface area contributed by atoms with Gasteiger partial charge in [0.05, 0.1) is 18.0 Å². The third-order valence-electron chi connectivity index (χ3n) is 7.73. The number of amides is 2. The molecule has 1 saturated carbocycles. The summed E-state index contributed by atoms with van der Waals surface area (Å²) < 4.78 is 43.3. The summed E-state index contributed by atoms with van der Waals surface area (Å²) in [5.41, 5.74) is 6.43. The number of hydrogen-bond acceptors (Lipinski definition) is 7. The number of carbonyl (C=O) groups excluding carboxylic acids is 2. The topological polar surface area (TPSA) is 144 Å². The molecule has 0 radical (unpaired) electrons. The van der Waals surface area contributed by atoms with Crippen molar-refractivity contribution in [3.05, 3.63) is 29.8 Å². The highest BCUT2D eigenvalue weighted by Gasteiger charge is 2.52. The maximum atomic E-state index is 13.4. The lowest BCUT2D eigenvalue weighted by Crippen LogP contribution is -2.55. The Labute approximate surface area is 237 Å². The highest BCUT2D eigenvalue weighted by molar-refractivity contribution is 5.99. The van der Waals surface area contributed by atoms with Crippen molar-refractivity contribution in [1.82, 2.24) is 10.2 Å². The number of guanidine groups is 1. The number of nitrogens with one attached hydrogen (secondary N) is 1. The summed E-state index contributed by atoms with van der Waals surface area (Å²) in [6.07, 6.45) is -1.88. The van der Waals surface area contributed by atoms with E-state index in [1.807, 2.05) is 38.1 Å². The van der Waals surface area contributed by atoms with Gasteiger partial charge in [-0.25, -0.2) is 9.79 Å². The average molecular weight is 585 g/mol. The molecule has 5 atom stereocenters. The zero-order valence-electron chi connectivity index (χ0n) is 24.0. The number of alkyl halides is 3. The van der Waals surface area contributed by atoms with Crippen LogP contribution in [0.15, 0.2) is 29.3 Å². The Morgan fingerprint density at radius 2 is 1.93 bits per heavy atom. The molecule has 13 heteroatoms. The van der Waals surface area contributed by atoms with E-state index in [1.165, 1.54) is 0 Å². The first kappa shape index (κ1) is 32.2. The van der Waals surface area contributed by atoms with Gasteiger partial charge in [-0.3, -0.25) is 14.5 Å². The van der Waals surface area contributed by atoms with E-state index >= 15 is 0 Å². The van der Waals surface area contributed by atoms with E-state index in [9.17, 15) is 22.8 Å². The summed E-state index contributed by atoms with van der Waals surface area (Å²) in [6.45, 7) is 8.49. The first-order valence-electron chi connectivity index (χ1n) is 13.6. The number of carbonyl (C=O) groups is 3. The van der Waals surface area contributed by atoms with Crippen molar-refractivity contribution in [2.75, 3.05) is 13.7 Å². The van der Waals surface area contributed by atoms with Crippen LogP contribution in [0, 0.1) is 11.8 Å². The molecule has 2 heterocycles. The second-order valence-electron chi connectivity index (χ2n) is 11.6. The maximum Gasteiger partial charge on any atom is 0.490 e.